The zero-order valence-corrected chi connectivity index (χ0v) is 9.58. The molecule has 0 saturated carbocycles. The van der Waals surface area contributed by atoms with Gasteiger partial charge in [-0.05, 0) is 31.4 Å². The number of ether oxygens (including phenoxy) is 1. The second-order valence-corrected chi connectivity index (χ2v) is 3.96. The molecule has 0 aromatic carbocycles. The van der Waals surface area contributed by atoms with Gasteiger partial charge in [0.2, 0.25) is 0 Å². The second-order valence-electron chi connectivity index (χ2n) is 3.96. The first-order chi connectivity index (χ1) is 7.65. The predicted octanol–water partition coefficient (Wildman–Crippen LogP) is 1.72. The normalized spacial score (nSPS) is 14.8. The molecule has 0 atom stereocenters. The average molecular weight is 221 g/mol. The van der Waals surface area contributed by atoms with Gasteiger partial charge in [0.1, 0.15) is 5.69 Å². The van der Waals surface area contributed by atoms with Gasteiger partial charge >= 0.3 is 5.97 Å². The Morgan fingerprint density at radius 3 is 2.88 bits per heavy atom. The maximum atomic E-state index is 11.7. The van der Waals surface area contributed by atoms with E-state index in [4.69, 9.17) is 4.74 Å². The standard InChI is InChI=1S/C12H15NO3/c1-3-16-12(15)9-7-8-5-4-6-10(14)11(8)13(9)2/h7H,3-6H2,1-2H3. The number of ketones is 1. The molecular weight excluding hydrogens is 206 g/mol. The van der Waals surface area contributed by atoms with Crippen molar-refractivity contribution >= 4 is 11.8 Å². The lowest BCUT2D eigenvalue weighted by molar-refractivity contribution is 0.0515. The summed E-state index contributed by atoms with van der Waals surface area (Å²) in [5.41, 5.74) is 2.12. The molecule has 0 saturated heterocycles. The van der Waals surface area contributed by atoms with Gasteiger partial charge in [0.15, 0.2) is 5.78 Å². The number of hydrogen-bond donors (Lipinski definition) is 0. The van der Waals surface area contributed by atoms with Gasteiger partial charge in [-0.1, -0.05) is 0 Å². The van der Waals surface area contributed by atoms with Crippen LogP contribution in [-0.4, -0.2) is 22.9 Å². The lowest BCUT2D eigenvalue weighted by Crippen LogP contribution is -2.16. The molecule has 1 aliphatic carbocycles. The van der Waals surface area contributed by atoms with Gasteiger partial charge in [-0.2, -0.15) is 0 Å². The molecule has 1 aromatic heterocycles. The molecule has 1 heterocycles. The van der Waals surface area contributed by atoms with Gasteiger partial charge in [-0.15, -0.1) is 0 Å². The van der Waals surface area contributed by atoms with E-state index >= 15 is 0 Å². The summed E-state index contributed by atoms with van der Waals surface area (Å²) in [6.45, 7) is 2.12. The van der Waals surface area contributed by atoms with Crippen molar-refractivity contribution in [3.8, 4) is 0 Å². The monoisotopic (exact) mass is 221 g/mol. The molecular formula is C12H15NO3. The van der Waals surface area contributed by atoms with Crippen LogP contribution < -0.4 is 0 Å². The summed E-state index contributed by atoms with van der Waals surface area (Å²) in [7, 11) is 1.74. The van der Waals surface area contributed by atoms with E-state index in [1.54, 1.807) is 24.6 Å². The first kappa shape index (κ1) is 10.9. The molecule has 0 amide bonds. The smallest absolute Gasteiger partial charge is 0.354 e. The molecule has 0 radical (unpaired) electrons. The fraction of sp³-hybridized carbons (Fsp3) is 0.500. The molecule has 1 aromatic rings. The summed E-state index contributed by atoms with van der Waals surface area (Å²) in [6, 6.07) is 1.78. The van der Waals surface area contributed by atoms with Gasteiger partial charge in [0.25, 0.3) is 0 Å². The molecule has 16 heavy (non-hydrogen) atoms. The summed E-state index contributed by atoms with van der Waals surface area (Å²) in [5, 5.41) is 0. The third-order valence-corrected chi connectivity index (χ3v) is 2.91. The van der Waals surface area contributed by atoms with Crippen LogP contribution in [0.5, 0.6) is 0 Å². The summed E-state index contributed by atoms with van der Waals surface area (Å²) in [4.78, 5) is 23.4. The van der Waals surface area contributed by atoms with E-state index in [9.17, 15) is 9.59 Å². The summed E-state index contributed by atoms with van der Waals surface area (Å²) >= 11 is 0. The Bertz CT molecular complexity index is 445. The largest absolute Gasteiger partial charge is 0.461 e. The van der Waals surface area contributed by atoms with Gasteiger partial charge in [0.05, 0.1) is 12.3 Å². The highest BCUT2D eigenvalue weighted by molar-refractivity contribution is 5.99. The number of esters is 1. The van der Waals surface area contributed by atoms with Crippen LogP contribution in [0.1, 0.15) is 46.3 Å². The number of fused-ring (bicyclic) bond motifs is 1. The SMILES string of the molecule is CCOC(=O)c1cc2c(n1C)C(=O)CCC2. The topological polar surface area (TPSA) is 48.3 Å². The number of hydrogen-bond acceptors (Lipinski definition) is 3. The van der Waals surface area contributed by atoms with E-state index < -0.39 is 0 Å². The predicted molar refractivity (Wildman–Crippen MR) is 58.6 cm³/mol. The minimum absolute atomic E-state index is 0.124. The van der Waals surface area contributed by atoms with Crippen LogP contribution in [0.25, 0.3) is 0 Å². The van der Waals surface area contributed by atoms with E-state index in [2.05, 4.69) is 0 Å². The maximum Gasteiger partial charge on any atom is 0.354 e. The lowest BCUT2D eigenvalue weighted by Gasteiger charge is -2.12. The summed E-state index contributed by atoms with van der Waals surface area (Å²) in [6.07, 6.45) is 2.32. The van der Waals surface area contributed by atoms with Crippen molar-refractivity contribution in [2.75, 3.05) is 6.61 Å². The van der Waals surface area contributed by atoms with Crippen molar-refractivity contribution < 1.29 is 14.3 Å². The van der Waals surface area contributed by atoms with Gasteiger partial charge in [0, 0.05) is 13.5 Å². The molecule has 0 N–H and O–H groups in total. The van der Waals surface area contributed by atoms with Crippen molar-refractivity contribution in [3.05, 3.63) is 23.0 Å². The Hall–Kier alpha value is -1.58. The van der Waals surface area contributed by atoms with Gasteiger partial charge in [-0.3, -0.25) is 4.79 Å². The van der Waals surface area contributed by atoms with E-state index in [0.717, 1.165) is 18.4 Å². The van der Waals surface area contributed by atoms with Crippen LogP contribution in [0.2, 0.25) is 0 Å². The second kappa shape index (κ2) is 4.12. The van der Waals surface area contributed by atoms with Crippen LogP contribution in [0.3, 0.4) is 0 Å². The van der Waals surface area contributed by atoms with Crippen molar-refractivity contribution in [1.82, 2.24) is 4.57 Å². The van der Waals surface area contributed by atoms with Crippen molar-refractivity contribution in [2.24, 2.45) is 7.05 Å². The molecule has 0 fully saturated rings. The third kappa shape index (κ3) is 1.64. The van der Waals surface area contributed by atoms with Gasteiger partial charge < -0.3 is 9.30 Å². The van der Waals surface area contributed by atoms with E-state index in [1.165, 1.54) is 0 Å². The number of aromatic nitrogens is 1. The first-order valence-electron chi connectivity index (χ1n) is 5.54. The minimum atomic E-state index is -0.354. The zero-order chi connectivity index (χ0) is 11.7. The van der Waals surface area contributed by atoms with E-state index in [1.807, 2.05) is 0 Å². The molecule has 86 valence electrons. The lowest BCUT2D eigenvalue weighted by atomic mass is 9.97. The maximum absolute atomic E-state index is 11.7. The molecule has 4 nitrogen and oxygen atoms in total. The summed E-state index contributed by atoms with van der Waals surface area (Å²) < 4.78 is 6.61. The van der Waals surface area contributed by atoms with Crippen LogP contribution in [0.15, 0.2) is 6.07 Å². The Morgan fingerprint density at radius 2 is 2.25 bits per heavy atom. The number of Topliss-reactive ketones (excluding diaryl/α,β-unsaturated/α-hetero) is 1. The molecule has 0 bridgehead atoms. The number of carbonyl (C=O) groups excluding carboxylic acids is 2. The average Bonchev–Trinajstić information content (AvgIpc) is 2.58. The van der Waals surface area contributed by atoms with Crippen LogP contribution in [0.4, 0.5) is 0 Å². The highest BCUT2D eigenvalue weighted by Crippen LogP contribution is 2.24. The Morgan fingerprint density at radius 1 is 1.50 bits per heavy atom. The summed E-state index contributed by atoms with van der Waals surface area (Å²) in [5.74, 6) is -0.230. The molecule has 0 spiro atoms. The van der Waals surface area contributed by atoms with E-state index in [0.29, 0.717) is 24.4 Å². The number of aryl methyl sites for hydroxylation is 1. The van der Waals surface area contributed by atoms with E-state index in [-0.39, 0.29) is 11.8 Å². The Kier molecular flexibility index (Phi) is 2.81. The number of carbonyl (C=O) groups is 2. The highest BCUT2D eigenvalue weighted by atomic mass is 16.5. The van der Waals surface area contributed by atoms with Crippen molar-refractivity contribution in [1.29, 1.82) is 0 Å². The van der Waals surface area contributed by atoms with Gasteiger partial charge in [-0.25, -0.2) is 4.79 Å². The van der Waals surface area contributed by atoms with Crippen molar-refractivity contribution in [2.45, 2.75) is 26.2 Å². The number of rotatable bonds is 2. The number of nitrogens with zero attached hydrogens (tertiary/aromatic N) is 1. The van der Waals surface area contributed by atoms with Crippen molar-refractivity contribution in [3.63, 3.8) is 0 Å². The quantitative estimate of drug-likeness (QED) is 0.714. The van der Waals surface area contributed by atoms with Crippen LogP contribution >= 0.6 is 0 Å². The fourth-order valence-corrected chi connectivity index (χ4v) is 2.18. The Balaban J connectivity index is 2.42. The highest BCUT2D eigenvalue weighted by Gasteiger charge is 2.25. The van der Waals surface area contributed by atoms with Crippen LogP contribution in [0, 0.1) is 0 Å². The Labute approximate surface area is 94.2 Å². The van der Waals surface area contributed by atoms with Crippen LogP contribution in [-0.2, 0) is 18.2 Å². The molecule has 1 aliphatic rings. The first-order valence-corrected chi connectivity index (χ1v) is 5.54. The zero-order valence-electron chi connectivity index (χ0n) is 9.58. The molecule has 4 heteroatoms. The molecule has 2 rings (SSSR count). The third-order valence-electron chi connectivity index (χ3n) is 2.91. The molecule has 0 aliphatic heterocycles. The fourth-order valence-electron chi connectivity index (χ4n) is 2.18. The molecule has 0 unspecified atom stereocenters. The minimum Gasteiger partial charge on any atom is -0.461 e.